The molecular weight excluding hydrogens is 256 g/mol. The molecule has 0 saturated heterocycles. The lowest BCUT2D eigenvalue weighted by Gasteiger charge is -2.26. The van der Waals surface area contributed by atoms with Crippen molar-refractivity contribution in [1.29, 1.82) is 0 Å². The van der Waals surface area contributed by atoms with Crippen LogP contribution >= 0.6 is 0 Å². The number of aromatic amines is 1. The van der Waals surface area contributed by atoms with Gasteiger partial charge in [0, 0.05) is 11.6 Å². The fourth-order valence-corrected chi connectivity index (χ4v) is 2.57. The predicted octanol–water partition coefficient (Wildman–Crippen LogP) is 2.15. The molecule has 1 aromatic heterocycles. The molecule has 1 amide bonds. The van der Waals surface area contributed by atoms with E-state index in [9.17, 15) is 14.7 Å². The largest absolute Gasteiger partial charge is 0.480 e. The van der Waals surface area contributed by atoms with Gasteiger partial charge < -0.3 is 15.4 Å². The lowest BCUT2D eigenvalue weighted by atomic mass is 9.95. The zero-order chi connectivity index (χ0) is 14.3. The van der Waals surface area contributed by atoms with E-state index in [2.05, 4.69) is 10.3 Å². The molecule has 3 rings (SSSR count). The number of para-hydroxylation sites is 1. The molecule has 0 bridgehead atoms. The minimum absolute atomic E-state index is 0.0202. The highest BCUT2D eigenvalue weighted by Crippen LogP contribution is 2.40. The van der Waals surface area contributed by atoms with Crippen LogP contribution in [0.5, 0.6) is 0 Å². The van der Waals surface area contributed by atoms with E-state index in [0.29, 0.717) is 5.56 Å². The van der Waals surface area contributed by atoms with E-state index in [4.69, 9.17) is 0 Å². The van der Waals surface area contributed by atoms with Crippen LogP contribution in [0, 0.1) is 5.92 Å². The first kappa shape index (κ1) is 12.7. The van der Waals surface area contributed by atoms with Crippen molar-refractivity contribution in [2.75, 3.05) is 0 Å². The van der Waals surface area contributed by atoms with Crippen molar-refractivity contribution in [2.24, 2.45) is 5.92 Å². The minimum atomic E-state index is -1.19. The predicted molar refractivity (Wildman–Crippen MR) is 74.5 cm³/mol. The number of carboxylic acid groups (broad SMARTS) is 1. The minimum Gasteiger partial charge on any atom is -0.480 e. The van der Waals surface area contributed by atoms with Crippen LogP contribution in [0.1, 0.15) is 30.1 Å². The monoisotopic (exact) mass is 272 g/mol. The average molecular weight is 272 g/mol. The molecule has 104 valence electrons. The van der Waals surface area contributed by atoms with Gasteiger partial charge in [0.1, 0.15) is 5.54 Å². The van der Waals surface area contributed by atoms with Gasteiger partial charge in [-0.05, 0) is 37.8 Å². The topological polar surface area (TPSA) is 82.2 Å². The van der Waals surface area contributed by atoms with Crippen LogP contribution in [0.3, 0.4) is 0 Å². The summed E-state index contributed by atoms with van der Waals surface area (Å²) >= 11 is 0. The van der Waals surface area contributed by atoms with E-state index in [0.717, 1.165) is 23.7 Å². The first-order valence-electron chi connectivity index (χ1n) is 6.64. The third kappa shape index (κ3) is 1.95. The number of amides is 1. The third-order valence-electron chi connectivity index (χ3n) is 4.04. The van der Waals surface area contributed by atoms with Crippen LogP contribution in [0.4, 0.5) is 0 Å². The zero-order valence-electron chi connectivity index (χ0n) is 11.1. The molecule has 0 spiro atoms. The summed E-state index contributed by atoms with van der Waals surface area (Å²) in [7, 11) is 0. The van der Waals surface area contributed by atoms with Crippen LogP contribution in [0.2, 0.25) is 0 Å². The summed E-state index contributed by atoms with van der Waals surface area (Å²) in [4.78, 5) is 26.9. The number of nitrogens with one attached hydrogen (secondary N) is 2. The van der Waals surface area contributed by atoms with Gasteiger partial charge >= 0.3 is 5.97 Å². The lowest BCUT2D eigenvalue weighted by Crippen LogP contribution is -2.54. The van der Waals surface area contributed by atoms with Crippen LogP contribution in [-0.2, 0) is 4.79 Å². The maximum atomic E-state index is 12.4. The Morgan fingerprint density at radius 3 is 2.75 bits per heavy atom. The number of benzene rings is 1. The number of fused-ring (bicyclic) bond motifs is 1. The molecule has 1 atom stereocenters. The van der Waals surface area contributed by atoms with E-state index in [1.54, 1.807) is 25.3 Å². The Labute approximate surface area is 116 Å². The molecule has 0 radical (unpaired) electrons. The van der Waals surface area contributed by atoms with Crippen LogP contribution in [0.15, 0.2) is 30.5 Å². The summed E-state index contributed by atoms with van der Waals surface area (Å²) in [5.41, 5.74) is 0.0143. The van der Waals surface area contributed by atoms with Crippen molar-refractivity contribution >= 4 is 22.8 Å². The molecular formula is C15H16N2O3. The first-order chi connectivity index (χ1) is 9.52. The highest BCUT2D eigenvalue weighted by Gasteiger charge is 2.48. The van der Waals surface area contributed by atoms with Gasteiger partial charge in [-0.15, -0.1) is 0 Å². The molecule has 1 aliphatic carbocycles. The zero-order valence-corrected chi connectivity index (χ0v) is 11.1. The van der Waals surface area contributed by atoms with Crippen molar-refractivity contribution in [3.05, 3.63) is 36.0 Å². The Kier molecular flexibility index (Phi) is 2.78. The quantitative estimate of drug-likeness (QED) is 0.797. The van der Waals surface area contributed by atoms with Gasteiger partial charge in [-0.3, -0.25) is 4.79 Å². The van der Waals surface area contributed by atoms with Gasteiger partial charge in [-0.2, -0.15) is 0 Å². The van der Waals surface area contributed by atoms with Crippen molar-refractivity contribution in [2.45, 2.75) is 25.3 Å². The number of carbonyl (C=O) groups excluding carboxylic acids is 1. The van der Waals surface area contributed by atoms with Crippen LogP contribution < -0.4 is 5.32 Å². The van der Waals surface area contributed by atoms with Crippen LogP contribution in [0.25, 0.3) is 10.9 Å². The van der Waals surface area contributed by atoms with E-state index >= 15 is 0 Å². The number of aliphatic carboxylic acids is 1. The summed E-state index contributed by atoms with van der Waals surface area (Å²) in [5, 5.41) is 13.0. The standard InChI is InChI=1S/C15H16N2O3/c1-15(14(19)20,10-5-6-10)17-13(18)11-4-2-3-9-7-8-16-12(9)11/h2-4,7-8,10,16H,5-6H2,1H3,(H,17,18)(H,19,20). The second-order valence-corrected chi connectivity index (χ2v) is 5.48. The second kappa shape index (κ2) is 4.37. The molecule has 1 unspecified atom stereocenters. The molecule has 1 heterocycles. The third-order valence-corrected chi connectivity index (χ3v) is 4.04. The number of H-pyrrole nitrogens is 1. The SMILES string of the molecule is CC(NC(=O)c1cccc2cc[nH]c12)(C(=O)O)C1CC1. The average Bonchev–Trinajstić information content (AvgIpc) is 3.16. The molecule has 1 saturated carbocycles. The number of aromatic nitrogens is 1. The number of hydrogen-bond donors (Lipinski definition) is 3. The highest BCUT2D eigenvalue weighted by molar-refractivity contribution is 6.07. The Morgan fingerprint density at radius 2 is 2.10 bits per heavy atom. The Morgan fingerprint density at radius 1 is 1.35 bits per heavy atom. The van der Waals surface area contributed by atoms with Gasteiger partial charge in [0.15, 0.2) is 0 Å². The van der Waals surface area contributed by atoms with Crippen molar-refractivity contribution in [3.8, 4) is 0 Å². The molecule has 5 heteroatoms. The smallest absolute Gasteiger partial charge is 0.329 e. The lowest BCUT2D eigenvalue weighted by molar-refractivity contribution is -0.144. The molecule has 1 fully saturated rings. The van der Waals surface area contributed by atoms with E-state index in [-0.39, 0.29) is 11.8 Å². The Hall–Kier alpha value is -2.30. The fourth-order valence-electron chi connectivity index (χ4n) is 2.57. The molecule has 0 aliphatic heterocycles. The molecule has 2 aromatic rings. The number of rotatable bonds is 4. The Bertz CT molecular complexity index is 687. The van der Waals surface area contributed by atoms with E-state index in [1.807, 2.05) is 12.1 Å². The summed E-state index contributed by atoms with van der Waals surface area (Å²) in [6, 6.07) is 7.27. The maximum absolute atomic E-state index is 12.4. The van der Waals surface area contributed by atoms with Crippen molar-refractivity contribution in [1.82, 2.24) is 10.3 Å². The van der Waals surface area contributed by atoms with Gasteiger partial charge in [-0.1, -0.05) is 12.1 Å². The van der Waals surface area contributed by atoms with Gasteiger partial charge in [-0.25, -0.2) is 4.79 Å². The number of carbonyl (C=O) groups is 2. The molecule has 1 aliphatic rings. The molecule has 20 heavy (non-hydrogen) atoms. The van der Waals surface area contributed by atoms with Crippen LogP contribution in [-0.4, -0.2) is 27.5 Å². The summed E-state index contributed by atoms with van der Waals surface area (Å²) in [6.45, 7) is 1.58. The molecule has 1 aromatic carbocycles. The first-order valence-corrected chi connectivity index (χ1v) is 6.64. The van der Waals surface area contributed by atoms with Gasteiger partial charge in [0.2, 0.25) is 0 Å². The Balaban J connectivity index is 1.93. The summed E-state index contributed by atoms with van der Waals surface area (Å²) in [6.07, 6.45) is 3.45. The van der Waals surface area contributed by atoms with E-state index < -0.39 is 11.5 Å². The number of carboxylic acids is 1. The number of hydrogen-bond acceptors (Lipinski definition) is 2. The highest BCUT2D eigenvalue weighted by atomic mass is 16.4. The maximum Gasteiger partial charge on any atom is 0.329 e. The summed E-state index contributed by atoms with van der Waals surface area (Å²) in [5.74, 6) is -1.31. The van der Waals surface area contributed by atoms with Gasteiger partial charge in [0.05, 0.1) is 11.1 Å². The summed E-state index contributed by atoms with van der Waals surface area (Å²) < 4.78 is 0. The molecule has 5 nitrogen and oxygen atoms in total. The second-order valence-electron chi connectivity index (χ2n) is 5.48. The van der Waals surface area contributed by atoms with E-state index in [1.165, 1.54) is 0 Å². The fraction of sp³-hybridized carbons (Fsp3) is 0.333. The van der Waals surface area contributed by atoms with Gasteiger partial charge in [0.25, 0.3) is 5.91 Å². The van der Waals surface area contributed by atoms with Crippen molar-refractivity contribution < 1.29 is 14.7 Å². The van der Waals surface area contributed by atoms with Crippen molar-refractivity contribution in [3.63, 3.8) is 0 Å². The molecule has 3 N–H and O–H groups in total. The normalized spacial score (nSPS) is 17.6.